The molecule has 0 bridgehead atoms. The molecule has 1 rings (SSSR count). The van der Waals surface area contributed by atoms with Crippen molar-refractivity contribution in [2.75, 3.05) is 20.1 Å². The molecule has 4 heteroatoms. The predicted molar refractivity (Wildman–Crippen MR) is 71.6 cm³/mol. The molecule has 0 saturated heterocycles. The lowest BCUT2D eigenvalue weighted by Gasteiger charge is -2.13. The second kappa shape index (κ2) is 6.62. The first-order valence-electron chi connectivity index (χ1n) is 5.73. The van der Waals surface area contributed by atoms with Crippen LogP contribution >= 0.6 is 11.6 Å². The van der Waals surface area contributed by atoms with E-state index in [-0.39, 0.29) is 5.91 Å². The highest BCUT2D eigenvalue weighted by Gasteiger charge is 2.10. The van der Waals surface area contributed by atoms with E-state index in [2.05, 4.69) is 17.6 Å². The minimum absolute atomic E-state index is 0.0397. The van der Waals surface area contributed by atoms with Crippen molar-refractivity contribution in [2.24, 2.45) is 5.92 Å². The Labute approximate surface area is 108 Å². The van der Waals surface area contributed by atoms with E-state index in [1.165, 1.54) is 0 Å². The van der Waals surface area contributed by atoms with E-state index in [1.54, 1.807) is 18.2 Å². The number of aryl methyl sites for hydroxylation is 1. The Bertz CT molecular complexity index is 393. The summed E-state index contributed by atoms with van der Waals surface area (Å²) in [6, 6.07) is 5.30. The van der Waals surface area contributed by atoms with Crippen LogP contribution in [0.25, 0.3) is 0 Å². The topological polar surface area (TPSA) is 41.1 Å². The molecule has 0 heterocycles. The number of nitrogens with one attached hydrogen (secondary N) is 2. The Morgan fingerprint density at radius 2 is 2.12 bits per heavy atom. The van der Waals surface area contributed by atoms with E-state index in [0.29, 0.717) is 23.0 Å². The zero-order valence-electron chi connectivity index (χ0n) is 10.5. The van der Waals surface area contributed by atoms with Crippen LogP contribution in [0, 0.1) is 12.8 Å². The second-order valence-electron chi connectivity index (χ2n) is 4.33. The van der Waals surface area contributed by atoms with Gasteiger partial charge in [0.2, 0.25) is 0 Å². The third-order valence-electron chi connectivity index (χ3n) is 2.60. The van der Waals surface area contributed by atoms with Gasteiger partial charge in [0.1, 0.15) is 0 Å². The molecular formula is C13H19ClN2O. The van der Waals surface area contributed by atoms with Crippen molar-refractivity contribution in [3.63, 3.8) is 0 Å². The molecule has 1 aromatic rings. The second-order valence-corrected chi connectivity index (χ2v) is 4.77. The molecule has 0 aliphatic rings. The van der Waals surface area contributed by atoms with Crippen LogP contribution in [0.3, 0.4) is 0 Å². The van der Waals surface area contributed by atoms with Crippen molar-refractivity contribution in [1.29, 1.82) is 0 Å². The van der Waals surface area contributed by atoms with Gasteiger partial charge in [-0.15, -0.1) is 0 Å². The normalized spacial score (nSPS) is 12.2. The van der Waals surface area contributed by atoms with Crippen LogP contribution in [-0.2, 0) is 0 Å². The number of amides is 1. The van der Waals surface area contributed by atoms with Gasteiger partial charge in [-0.3, -0.25) is 4.79 Å². The predicted octanol–water partition coefficient (Wildman–Crippen LogP) is 2.23. The summed E-state index contributed by atoms with van der Waals surface area (Å²) in [5.74, 6) is 0.374. The van der Waals surface area contributed by atoms with Crippen molar-refractivity contribution in [1.82, 2.24) is 10.6 Å². The van der Waals surface area contributed by atoms with Crippen LogP contribution in [0.1, 0.15) is 22.8 Å². The Balaban J connectivity index is 2.58. The van der Waals surface area contributed by atoms with Crippen LogP contribution in [0.15, 0.2) is 18.2 Å². The zero-order valence-corrected chi connectivity index (χ0v) is 11.3. The Morgan fingerprint density at radius 3 is 2.71 bits per heavy atom. The van der Waals surface area contributed by atoms with Gasteiger partial charge in [-0.2, -0.15) is 0 Å². The van der Waals surface area contributed by atoms with Crippen molar-refractivity contribution < 1.29 is 4.79 Å². The lowest BCUT2D eigenvalue weighted by atomic mass is 10.1. The molecule has 0 aliphatic heterocycles. The van der Waals surface area contributed by atoms with E-state index in [0.717, 1.165) is 12.1 Å². The number of carbonyl (C=O) groups is 1. The number of hydrogen-bond donors (Lipinski definition) is 2. The molecule has 1 unspecified atom stereocenters. The van der Waals surface area contributed by atoms with E-state index in [1.807, 2.05) is 14.0 Å². The SMILES string of the molecule is CNCC(C)CNC(=O)c1ccc(Cl)cc1C. The van der Waals surface area contributed by atoms with Gasteiger partial charge in [0.05, 0.1) is 0 Å². The van der Waals surface area contributed by atoms with Crippen LogP contribution in [0.2, 0.25) is 5.02 Å². The van der Waals surface area contributed by atoms with Crippen LogP contribution in [0.4, 0.5) is 0 Å². The molecule has 17 heavy (non-hydrogen) atoms. The molecule has 1 atom stereocenters. The van der Waals surface area contributed by atoms with Crippen LogP contribution in [-0.4, -0.2) is 26.0 Å². The van der Waals surface area contributed by atoms with Crippen LogP contribution in [0.5, 0.6) is 0 Å². The summed E-state index contributed by atoms with van der Waals surface area (Å²) in [4.78, 5) is 11.9. The summed E-state index contributed by atoms with van der Waals surface area (Å²) in [7, 11) is 1.90. The fraction of sp³-hybridized carbons (Fsp3) is 0.462. The van der Waals surface area contributed by atoms with Gasteiger partial charge in [-0.05, 0) is 50.2 Å². The smallest absolute Gasteiger partial charge is 0.251 e. The number of rotatable bonds is 5. The van der Waals surface area contributed by atoms with Gasteiger partial charge in [-0.1, -0.05) is 18.5 Å². The standard InChI is InChI=1S/C13H19ClN2O/c1-9(7-15-3)8-16-13(17)12-5-4-11(14)6-10(12)2/h4-6,9,15H,7-8H2,1-3H3,(H,16,17). The summed E-state index contributed by atoms with van der Waals surface area (Å²) in [6.45, 7) is 5.53. The van der Waals surface area contributed by atoms with Crippen molar-refractivity contribution in [3.8, 4) is 0 Å². The maximum absolute atomic E-state index is 11.9. The first kappa shape index (κ1) is 14.0. The molecule has 0 aliphatic carbocycles. The zero-order chi connectivity index (χ0) is 12.8. The average Bonchev–Trinajstić information content (AvgIpc) is 2.26. The van der Waals surface area contributed by atoms with Gasteiger partial charge in [-0.25, -0.2) is 0 Å². The minimum Gasteiger partial charge on any atom is -0.352 e. The number of benzene rings is 1. The maximum Gasteiger partial charge on any atom is 0.251 e. The van der Waals surface area contributed by atoms with E-state index in [9.17, 15) is 4.79 Å². The summed E-state index contributed by atoms with van der Waals surface area (Å²) < 4.78 is 0. The molecule has 1 aromatic carbocycles. The van der Waals surface area contributed by atoms with Crippen LogP contribution < -0.4 is 10.6 Å². The van der Waals surface area contributed by atoms with Crippen molar-refractivity contribution >= 4 is 17.5 Å². The third-order valence-corrected chi connectivity index (χ3v) is 2.83. The Morgan fingerprint density at radius 1 is 1.41 bits per heavy atom. The Kier molecular flexibility index (Phi) is 5.45. The summed E-state index contributed by atoms with van der Waals surface area (Å²) in [6.07, 6.45) is 0. The molecule has 94 valence electrons. The monoisotopic (exact) mass is 254 g/mol. The van der Waals surface area contributed by atoms with Gasteiger partial charge < -0.3 is 10.6 Å². The van der Waals surface area contributed by atoms with E-state index in [4.69, 9.17) is 11.6 Å². The first-order chi connectivity index (χ1) is 8.04. The highest BCUT2D eigenvalue weighted by Crippen LogP contribution is 2.15. The summed E-state index contributed by atoms with van der Waals surface area (Å²) in [5, 5.41) is 6.66. The van der Waals surface area contributed by atoms with Gasteiger partial charge >= 0.3 is 0 Å². The van der Waals surface area contributed by atoms with E-state index >= 15 is 0 Å². The summed E-state index contributed by atoms with van der Waals surface area (Å²) in [5.41, 5.74) is 1.59. The number of hydrogen-bond acceptors (Lipinski definition) is 2. The lowest BCUT2D eigenvalue weighted by molar-refractivity contribution is 0.0947. The quantitative estimate of drug-likeness (QED) is 0.846. The third kappa shape index (κ3) is 4.36. The molecular weight excluding hydrogens is 236 g/mol. The largest absolute Gasteiger partial charge is 0.352 e. The summed E-state index contributed by atoms with van der Waals surface area (Å²) >= 11 is 5.85. The molecule has 3 nitrogen and oxygen atoms in total. The number of halogens is 1. The molecule has 0 saturated carbocycles. The molecule has 2 N–H and O–H groups in total. The lowest BCUT2D eigenvalue weighted by Crippen LogP contribution is -2.32. The van der Waals surface area contributed by atoms with Crippen molar-refractivity contribution in [2.45, 2.75) is 13.8 Å². The molecule has 0 spiro atoms. The fourth-order valence-electron chi connectivity index (χ4n) is 1.66. The fourth-order valence-corrected chi connectivity index (χ4v) is 1.89. The average molecular weight is 255 g/mol. The van der Waals surface area contributed by atoms with Gasteiger partial charge in [0.25, 0.3) is 5.91 Å². The number of carbonyl (C=O) groups excluding carboxylic acids is 1. The highest BCUT2D eigenvalue weighted by atomic mass is 35.5. The first-order valence-corrected chi connectivity index (χ1v) is 6.11. The molecule has 1 amide bonds. The molecule has 0 fully saturated rings. The molecule has 0 radical (unpaired) electrons. The molecule has 0 aromatic heterocycles. The van der Waals surface area contributed by atoms with Crippen molar-refractivity contribution in [3.05, 3.63) is 34.3 Å². The van der Waals surface area contributed by atoms with E-state index < -0.39 is 0 Å². The van der Waals surface area contributed by atoms with Gasteiger partial charge in [0, 0.05) is 17.1 Å². The Hall–Kier alpha value is -1.06. The van der Waals surface area contributed by atoms with Gasteiger partial charge in [0.15, 0.2) is 0 Å². The maximum atomic E-state index is 11.9. The minimum atomic E-state index is -0.0397. The highest BCUT2D eigenvalue weighted by molar-refractivity contribution is 6.30.